The van der Waals surface area contributed by atoms with E-state index in [2.05, 4.69) is 10.3 Å². The zero-order valence-electron chi connectivity index (χ0n) is 15.1. The molecule has 0 N–H and O–H groups in total. The molecule has 0 bridgehead atoms. The van der Waals surface area contributed by atoms with Crippen LogP contribution in [0.2, 0.25) is 0 Å². The number of halogens is 4. The molecule has 1 amide bonds. The Balaban J connectivity index is 1.41. The van der Waals surface area contributed by atoms with Crippen LogP contribution in [-0.2, 0) is 6.18 Å². The first-order valence-electron chi connectivity index (χ1n) is 8.96. The van der Waals surface area contributed by atoms with E-state index in [0.29, 0.717) is 25.9 Å². The number of rotatable bonds is 3. The zero-order chi connectivity index (χ0) is 20.6. The molecule has 0 atom stereocenters. The third-order valence-electron chi connectivity index (χ3n) is 4.89. The maximum Gasteiger partial charge on any atom is 0.435 e. The predicted molar refractivity (Wildman–Crippen MR) is 93.3 cm³/mol. The van der Waals surface area contributed by atoms with Gasteiger partial charge in [-0.25, -0.2) is 4.39 Å². The standard InChI is InChI=1S/C19H16F4N4O2/c20-14-4-2-1-3-13(14)16-11-15(25-29-16)18(28)26-8-5-12(6-9-26)27-10-7-17(24-27)19(21,22)23/h1-4,7,10-12H,5-6,8-9H2. The van der Waals surface area contributed by atoms with E-state index < -0.39 is 17.7 Å². The first-order chi connectivity index (χ1) is 13.8. The lowest BCUT2D eigenvalue weighted by atomic mass is 10.0. The van der Waals surface area contributed by atoms with E-state index in [1.165, 1.54) is 29.1 Å². The van der Waals surface area contributed by atoms with Gasteiger partial charge in [0.2, 0.25) is 0 Å². The van der Waals surface area contributed by atoms with Gasteiger partial charge in [0.05, 0.1) is 11.6 Å². The lowest BCUT2D eigenvalue weighted by molar-refractivity contribution is -0.141. The number of hydrogen-bond acceptors (Lipinski definition) is 4. The van der Waals surface area contributed by atoms with Crippen molar-refractivity contribution in [3.63, 3.8) is 0 Å². The fraction of sp³-hybridized carbons (Fsp3) is 0.316. The number of hydrogen-bond donors (Lipinski definition) is 0. The molecule has 0 radical (unpaired) electrons. The van der Waals surface area contributed by atoms with Crippen LogP contribution in [0.4, 0.5) is 17.6 Å². The van der Waals surface area contributed by atoms with Crippen LogP contribution in [0.25, 0.3) is 11.3 Å². The molecule has 0 unspecified atom stereocenters. The minimum atomic E-state index is -4.48. The highest BCUT2D eigenvalue weighted by Gasteiger charge is 2.35. The summed E-state index contributed by atoms with van der Waals surface area (Å²) in [5.41, 5.74) is -0.670. The number of nitrogens with zero attached hydrogens (tertiary/aromatic N) is 4. The second-order valence-corrected chi connectivity index (χ2v) is 6.76. The highest BCUT2D eigenvalue weighted by atomic mass is 19.4. The van der Waals surface area contributed by atoms with Crippen molar-refractivity contribution in [3.8, 4) is 11.3 Å². The Morgan fingerprint density at radius 2 is 1.86 bits per heavy atom. The van der Waals surface area contributed by atoms with E-state index in [9.17, 15) is 22.4 Å². The monoisotopic (exact) mass is 408 g/mol. The molecular formula is C19H16F4N4O2. The Morgan fingerprint density at radius 1 is 1.14 bits per heavy atom. The number of alkyl halides is 3. The first-order valence-corrected chi connectivity index (χ1v) is 8.96. The molecule has 4 rings (SSSR count). The van der Waals surface area contributed by atoms with Crippen molar-refractivity contribution in [3.05, 3.63) is 59.8 Å². The van der Waals surface area contributed by atoms with Gasteiger partial charge in [-0.1, -0.05) is 17.3 Å². The number of piperidine rings is 1. The van der Waals surface area contributed by atoms with Gasteiger partial charge >= 0.3 is 6.18 Å². The molecule has 1 aliphatic rings. The second-order valence-electron chi connectivity index (χ2n) is 6.76. The predicted octanol–water partition coefficient (Wildman–Crippen LogP) is 4.17. The van der Waals surface area contributed by atoms with Gasteiger partial charge in [-0.2, -0.15) is 18.3 Å². The average molecular weight is 408 g/mol. The van der Waals surface area contributed by atoms with E-state index in [4.69, 9.17) is 4.52 Å². The summed E-state index contributed by atoms with van der Waals surface area (Å²) in [4.78, 5) is 14.2. The fourth-order valence-electron chi connectivity index (χ4n) is 3.35. The van der Waals surface area contributed by atoms with E-state index in [1.807, 2.05) is 0 Å². The van der Waals surface area contributed by atoms with Crippen molar-refractivity contribution < 1.29 is 26.9 Å². The number of likely N-dealkylation sites (tertiary alicyclic amines) is 1. The summed E-state index contributed by atoms with van der Waals surface area (Å²) in [6.07, 6.45) is -2.25. The Kier molecular flexibility index (Phi) is 4.85. The van der Waals surface area contributed by atoms with Crippen LogP contribution in [-0.4, -0.2) is 38.8 Å². The molecule has 1 aromatic carbocycles. The minimum Gasteiger partial charge on any atom is -0.355 e. The summed E-state index contributed by atoms with van der Waals surface area (Å²) in [5.74, 6) is -0.704. The molecule has 1 saturated heterocycles. The maximum absolute atomic E-state index is 13.9. The van der Waals surface area contributed by atoms with Crippen molar-refractivity contribution in [2.24, 2.45) is 0 Å². The quantitative estimate of drug-likeness (QED) is 0.610. The molecule has 6 nitrogen and oxygen atoms in total. The fourth-order valence-corrected chi connectivity index (χ4v) is 3.35. The highest BCUT2D eigenvalue weighted by Crippen LogP contribution is 2.30. The van der Waals surface area contributed by atoms with Gasteiger partial charge in [-0.15, -0.1) is 0 Å². The molecule has 152 valence electrons. The molecule has 0 saturated carbocycles. The lowest BCUT2D eigenvalue weighted by Crippen LogP contribution is -2.39. The number of aromatic nitrogens is 3. The van der Waals surface area contributed by atoms with Gasteiger partial charge in [0.25, 0.3) is 5.91 Å². The van der Waals surface area contributed by atoms with Crippen molar-refractivity contribution in [2.75, 3.05) is 13.1 Å². The number of carbonyl (C=O) groups is 1. The molecule has 29 heavy (non-hydrogen) atoms. The normalized spacial score (nSPS) is 15.7. The van der Waals surface area contributed by atoms with Gasteiger partial charge in [0.1, 0.15) is 5.82 Å². The topological polar surface area (TPSA) is 64.2 Å². The first kappa shape index (κ1) is 19.2. The zero-order valence-corrected chi connectivity index (χ0v) is 15.1. The Morgan fingerprint density at radius 3 is 2.52 bits per heavy atom. The summed E-state index contributed by atoms with van der Waals surface area (Å²) in [5, 5.41) is 7.34. The third kappa shape index (κ3) is 3.87. The number of amides is 1. The number of carbonyl (C=O) groups excluding carboxylic acids is 1. The molecular weight excluding hydrogens is 392 g/mol. The summed E-state index contributed by atoms with van der Waals surface area (Å²) in [6.45, 7) is 0.680. The Hall–Kier alpha value is -3.17. The summed E-state index contributed by atoms with van der Waals surface area (Å²) in [7, 11) is 0. The largest absolute Gasteiger partial charge is 0.435 e. The van der Waals surface area contributed by atoms with Crippen molar-refractivity contribution in [1.29, 1.82) is 0 Å². The molecule has 10 heteroatoms. The summed E-state index contributed by atoms with van der Waals surface area (Å²) in [6, 6.07) is 8.10. The van der Waals surface area contributed by atoms with E-state index in [0.717, 1.165) is 6.07 Å². The van der Waals surface area contributed by atoms with Gasteiger partial charge in [0.15, 0.2) is 17.1 Å². The minimum absolute atomic E-state index is 0.0557. The van der Waals surface area contributed by atoms with E-state index in [-0.39, 0.29) is 29.0 Å². The summed E-state index contributed by atoms with van der Waals surface area (Å²) < 4.78 is 58.4. The molecule has 1 aliphatic heterocycles. The van der Waals surface area contributed by atoms with Crippen LogP contribution in [0.15, 0.2) is 47.1 Å². The maximum atomic E-state index is 13.9. The molecule has 0 spiro atoms. The Bertz CT molecular complexity index is 1020. The molecule has 3 heterocycles. The highest BCUT2D eigenvalue weighted by molar-refractivity contribution is 5.93. The molecule has 2 aromatic heterocycles. The lowest BCUT2D eigenvalue weighted by Gasteiger charge is -2.31. The van der Waals surface area contributed by atoms with Crippen LogP contribution in [0.3, 0.4) is 0 Å². The van der Waals surface area contributed by atoms with Crippen LogP contribution in [0.1, 0.15) is 35.1 Å². The van der Waals surface area contributed by atoms with Crippen LogP contribution in [0, 0.1) is 5.82 Å². The van der Waals surface area contributed by atoms with E-state index >= 15 is 0 Å². The third-order valence-corrected chi connectivity index (χ3v) is 4.89. The van der Waals surface area contributed by atoms with Gasteiger partial charge in [0, 0.05) is 25.4 Å². The van der Waals surface area contributed by atoms with Crippen LogP contribution < -0.4 is 0 Å². The van der Waals surface area contributed by atoms with Crippen molar-refractivity contribution >= 4 is 5.91 Å². The van der Waals surface area contributed by atoms with Gasteiger partial charge in [-0.3, -0.25) is 9.48 Å². The van der Waals surface area contributed by atoms with Gasteiger partial charge in [-0.05, 0) is 31.0 Å². The Labute approximate surface area is 162 Å². The summed E-state index contributed by atoms with van der Waals surface area (Å²) >= 11 is 0. The van der Waals surface area contributed by atoms with Crippen LogP contribution in [0.5, 0.6) is 0 Å². The van der Waals surface area contributed by atoms with Gasteiger partial charge < -0.3 is 9.42 Å². The SMILES string of the molecule is O=C(c1cc(-c2ccccc2F)on1)N1CCC(n2ccc(C(F)(F)F)n2)CC1. The van der Waals surface area contributed by atoms with Crippen LogP contribution >= 0.6 is 0 Å². The second kappa shape index (κ2) is 7.34. The molecule has 1 fully saturated rings. The molecule has 0 aliphatic carbocycles. The average Bonchev–Trinajstić information content (AvgIpc) is 3.38. The number of benzene rings is 1. The van der Waals surface area contributed by atoms with Crippen molar-refractivity contribution in [2.45, 2.75) is 25.1 Å². The van der Waals surface area contributed by atoms with Crippen molar-refractivity contribution in [1.82, 2.24) is 19.8 Å². The van der Waals surface area contributed by atoms with E-state index in [1.54, 1.807) is 17.0 Å². The molecule has 3 aromatic rings. The smallest absolute Gasteiger partial charge is 0.355 e.